The molecule has 3 heteroatoms. The molecule has 0 amide bonds. The molecule has 0 aliphatic rings. The second-order valence-corrected chi connectivity index (χ2v) is 6.96. The van der Waals surface area contributed by atoms with Gasteiger partial charge in [-0.15, -0.1) is 0 Å². The third-order valence-electron chi connectivity index (χ3n) is 2.79. The van der Waals surface area contributed by atoms with Gasteiger partial charge in [0.2, 0.25) is 0 Å². The zero-order chi connectivity index (χ0) is 12.6. The van der Waals surface area contributed by atoms with Crippen molar-refractivity contribution in [3.63, 3.8) is 0 Å². The van der Waals surface area contributed by atoms with E-state index < -0.39 is 0 Å². The van der Waals surface area contributed by atoms with Crippen molar-refractivity contribution < 1.29 is 0 Å². The van der Waals surface area contributed by atoms with Crippen LogP contribution in [0.1, 0.15) is 6.42 Å². The van der Waals surface area contributed by atoms with Crippen LogP contribution in [0.3, 0.4) is 0 Å². The fraction of sp³-hybridized carbons (Fsp3) is 0.200. The molecule has 0 spiro atoms. The van der Waals surface area contributed by atoms with Gasteiger partial charge in [-0.3, -0.25) is 4.34 Å². The summed E-state index contributed by atoms with van der Waals surface area (Å²) in [7, 11) is -0.223. The van der Waals surface area contributed by atoms with Crippen LogP contribution in [0, 0.1) is 0 Å². The van der Waals surface area contributed by atoms with Crippen molar-refractivity contribution in [1.29, 1.82) is 0 Å². The second kappa shape index (κ2) is 7.68. The molecule has 0 aromatic heterocycles. The number of rotatable bonds is 6. The number of hydrogen-bond acceptors (Lipinski definition) is 1. The molecular weight excluding hydrogens is 305 g/mol. The summed E-state index contributed by atoms with van der Waals surface area (Å²) < 4.78 is 3.05. The molecule has 0 aliphatic carbocycles. The maximum atomic E-state index is 3.27. The van der Waals surface area contributed by atoms with Gasteiger partial charge in [0.1, 0.15) is 0 Å². The summed E-state index contributed by atoms with van der Waals surface area (Å²) in [5, 5.41) is 2.93. The van der Waals surface area contributed by atoms with Gasteiger partial charge >= 0.3 is 0 Å². The Hall–Kier alpha value is -0.690. The zero-order valence-corrected chi connectivity index (χ0v) is 12.7. The van der Waals surface area contributed by atoms with Gasteiger partial charge in [-0.05, 0) is 31.1 Å². The molecule has 0 saturated heterocycles. The Morgan fingerprint density at radius 2 is 1.33 bits per heavy atom. The molecule has 1 N–H and O–H groups in total. The van der Waals surface area contributed by atoms with Gasteiger partial charge in [-0.25, -0.2) is 0 Å². The first-order valence-corrected chi connectivity index (χ1v) is 8.45. The average Bonchev–Trinajstić information content (AvgIpc) is 2.46. The monoisotopic (exact) mass is 321 g/mol. The van der Waals surface area contributed by atoms with Crippen LogP contribution < -0.4 is 15.0 Å². The summed E-state index contributed by atoms with van der Waals surface area (Å²) in [6.07, 6.45) is 2.41. The molecular formula is C15H17BrNP. The summed E-state index contributed by atoms with van der Waals surface area (Å²) >= 11 is 3.27. The maximum Gasteiger partial charge on any atom is 0.00875 e. The topological polar surface area (TPSA) is 12.0 Å². The summed E-state index contributed by atoms with van der Waals surface area (Å²) in [6.45, 7) is 1.01. The van der Waals surface area contributed by atoms with E-state index in [-0.39, 0.29) is 7.92 Å². The zero-order valence-electron chi connectivity index (χ0n) is 10.2. The molecule has 0 unspecified atom stereocenters. The van der Waals surface area contributed by atoms with E-state index in [9.17, 15) is 0 Å². The van der Waals surface area contributed by atoms with Crippen LogP contribution in [-0.2, 0) is 0 Å². The minimum absolute atomic E-state index is 0.223. The summed E-state index contributed by atoms with van der Waals surface area (Å²) in [6, 6.07) is 21.7. The first-order chi connectivity index (χ1) is 8.92. The fourth-order valence-electron chi connectivity index (χ4n) is 1.93. The lowest BCUT2D eigenvalue weighted by Crippen LogP contribution is -2.15. The highest BCUT2D eigenvalue weighted by atomic mass is 79.9. The van der Waals surface area contributed by atoms with Crippen LogP contribution in [0.2, 0.25) is 0 Å². The Balaban J connectivity index is 2.18. The van der Waals surface area contributed by atoms with E-state index in [1.54, 1.807) is 0 Å². The van der Waals surface area contributed by atoms with Crippen molar-refractivity contribution in [2.75, 3.05) is 12.7 Å². The highest BCUT2D eigenvalue weighted by Gasteiger charge is 2.12. The van der Waals surface area contributed by atoms with Crippen molar-refractivity contribution in [2.24, 2.45) is 0 Å². The minimum Gasteiger partial charge on any atom is -0.256 e. The molecule has 2 aromatic rings. The average molecular weight is 322 g/mol. The van der Waals surface area contributed by atoms with E-state index >= 15 is 0 Å². The molecule has 0 bridgehead atoms. The van der Waals surface area contributed by atoms with Crippen LogP contribution >= 0.6 is 24.1 Å². The van der Waals surface area contributed by atoms with E-state index in [4.69, 9.17) is 0 Å². The minimum atomic E-state index is -0.223. The third kappa shape index (κ3) is 3.91. The van der Waals surface area contributed by atoms with E-state index in [2.05, 4.69) is 81.2 Å². The molecule has 0 radical (unpaired) electrons. The van der Waals surface area contributed by atoms with Crippen LogP contribution in [-0.4, -0.2) is 12.7 Å². The highest BCUT2D eigenvalue weighted by molar-refractivity contribution is 9.08. The number of benzene rings is 2. The van der Waals surface area contributed by atoms with E-state index in [1.165, 1.54) is 23.2 Å². The highest BCUT2D eigenvalue weighted by Crippen LogP contribution is 2.33. The predicted octanol–water partition coefficient (Wildman–Crippen LogP) is 3.41. The van der Waals surface area contributed by atoms with Crippen LogP contribution in [0.4, 0.5) is 0 Å². The van der Waals surface area contributed by atoms with E-state index in [0.29, 0.717) is 0 Å². The largest absolute Gasteiger partial charge is 0.256 e. The van der Waals surface area contributed by atoms with Gasteiger partial charge < -0.3 is 0 Å². The van der Waals surface area contributed by atoms with Gasteiger partial charge in [0.15, 0.2) is 0 Å². The quantitative estimate of drug-likeness (QED) is 0.488. The van der Waals surface area contributed by atoms with Crippen LogP contribution in [0.15, 0.2) is 60.7 Å². The summed E-state index contributed by atoms with van der Waals surface area (Å²) in [5.41, 5.74) is 0. The lowest BCUT2D eigenvalue weighted by atomic mass is 10.4. The molecule has 94 valence electrons. The Morgan fingerprint density at radius 1 is 0.833 bits per heavy atom. The summed E-state index contributed by atoms with van der Waals surface area (Å²) in [4.78, 5) is 0. The lowest BCUT2D eigenvalue weighted by Gasteiger charge is -2.18. The molecule has 2 rings (SSSR count). The first kappa shape index (κ1) is 13.7. The van der Waals surface area contributed by atoms with Crippen LogP contribution in [0.25, 0.3) is 0 Å². The third-order valence-corrected chi connectivity index (χ3v) is 5.79. The lowest BCUT2D eigenvalue weighted by molar-refractivity contribution is 0.895. The molecule has 18 heavy (non-hydrogen) atoms. The van der Waals surface area contributed by atoms with Gasteiger partial charge in [-0.1, -0.05) is 60.7 Å². The van der Waals surface area contributed by atoms with Gasteiger partial charge in [0.25, 0.3) is 0 Å². The maximum absolute atomic E-state index is 3.27. The van der Waals surface area contributed by atoms with Crippen molar-refractivity contribution in [3.8, 4) is 0 Å². The Bertz CT molecular complexity index is 407. The van der Waals surface area contributed by atoms with E-state index in [0.717, 1.165) is 6.54 Å². The smallest absolute Gasteiger partial charge is 0.00875 e. The molecule has 0 heterocycles. The predicted molar refractivity (Wildman–Crippen MR) is 85.5 cm³/mol. The SMILES string of the molecule is BrNCCCP(c1ccccc1)c1ccccc1. The second-order valence-electron chi connectivity index (χ2n) is 4.06. The number of halogens is 1. The Kier molecular flexibility index (Phi) is 5.86. The normalized spacial score (nSPS) is 10.8. The summed E-state index contributed by atoms with van der Waals surface area (Å²) in [5.74, 6) is 0. The van der Waals surface area contributed by atoms with Crippen molar-refractivity contribution >= 4 is 34.7 Å². The van der Waals surface area contributed by atoms with E-state index in [1.807, 2.05) is 0 Å². The molecule has 0 aliphatic heterocycles. The van der Waals surface area contributed by atoms with Crippen molar-refractivity contribution in [3.05, 3.63) is 60.7 Å². The first-order valence-electron chi connectivity index (χ1n) is 6.13. The van der Waals surface area contributed by atoms with Crippen molar-refractivity contribution in [2.45, 2.75) is 6.42 Å². The molecule has 0 atom stereocenters. The Labute approximate surface area is 119 Å². The number of nitrogens with one attached hydrogen (secondary N) is 1. The fourth-order valence-corrected chi connectivity index (χ4v) is 4.56. The standard InChI is InChI=1S/C15H17BrNP/c16-17-12-7-13-18(14-8-3-1-4-9-14)15-10-5-2-6-11-15/h1-6,8-11,17H,7,12-13H2. The molecule has 0 saturated carbocycles. The van der Waals surface area contributed by atoms with Gasteiger partial charge in [0.05, 0.1) is 0 Å². The van der Waals surface area contributed by atoms with Gasteiger partial charge in [-0.2, -0.15) is 0 Å². The molecule has 1 nitrogen and oxygen atoms in total. The molecule has 2 aromatic carbocycles. The van der Waals surface area contributed by atoms with Gasteiger partial charge in [0, 0.05) is 22.7 Å². The van der Waals surface area contributed by atoms with Crippen molar-refractivity contribution in [1.82, 2.24) is 4.34 Å². The number of hydrogen-bond donors (Lipinski definition) is 1. The van der Waals surface area contributed by atoms with Crippen LogP contribution in [0.5, 0.6) is 0 Å². The molecule has 0 fully saturated rings. The Morgan fingerprint density at radius 3 is 1.78 bits per heavy atom.